The summed E-state index contributed by atoms with van der Waals surface area (Å²) in [6.07, 6.45) is 5.78. The molecule has 5 heteroatoms. The summed E-state index contributed by atoms with van der Waals surface area (Å²) < 4.78 is 0. The predicted molar refractivity (Wildman–Crippen MR) is 84.0 cm³/mol. The van der Waals surface area contributed by atoms with Crippen LogP contribution in [-0.2, 0) is 4.79 Å². The van der Waals surface area contributed by atoms with Crippen LogP contribution in [0.1, 0.15) is 31.5 Å². The number of hydrogen-bond acceptors (Lipinski definition) is 3. The Hall–Kier alpha value is -1.75. The minimum atomic E-state index is -0.115. The normalized spacial score (nSPS) is 19.7. The Balaban J connectivity index is 1.69. The van der Waals surface area contributed by atoms with Gasteiger partial charge in [0, 0.05) is 24.6 Å². The first-order valence-electron chi connectivity index (χ1n) is 7.27. The van der Waals surface area contributed by atoms with Crippen molar-refractivity contribution in [3.63, 3.8) is 0 Å². The average molecular weight is 301 g/mol. The first-order chi connectivity index (χ1) is 10.3. The van der Waals surface area contributed by atoms with Crippen LogP contribution in [0.25, 0.3) is 0 Å². The highest BCUT2D eigenvalue weighted by atomic mass is 32.2. The minimum absolute atomic E-state index is 0.115. The molecule has 1 aliphatic rings. The fraction of sp³-hybridized carbons (Fsp3) is 0.375. The number of carbonyl (C=O) groups is 1. The number of amides is 1. The molecule has 3 heterocycles. The summed E-state index contributed by atoms with van der Waals surface area (Å²) in [7, 11) is 0. The summed E-state index contributed by atoms with van der Waals surface area (Å²) in [5.41, 5.74) is 1.14. The third-order valence-corrected chi connectivity index (χ3v) is 4.84. The smallest absolute Gasteiger partial charge is 0.236 e. The Bertz CT molecular complexity index is 585. The third-order valence-electron chi connectivity index (χ3n) is 3.80. The molecule has 4 nitrogen and oxygen atoms in total. The zero-order chi connectivity index (χ0) is 14.7. The quantitative estimate of drug-likeness (QED) is 0.882. The van der Waals surface area contributed by atoms with E-state index < -0.39 is 0 Å². The SMILES string of the molecule is C[C@H](Sc1ccccn1)C(=O)N1CCC[C@@H]1c1ccc[nH]1. The van der Waals surface area contributed by atoms with Crippen LogP contribution in [0.2, 0.25) is 0 Å². The maximum atomic E-state index is 12.7. The molecule has 0 spiro atoms. The van der Waals surface area contributed by atoms with Crippen molar-refractivity contribution in [3.8, 4) is 0 Å². The molecule has 0 bridgehead atoms. The monoisotopic (exact) mass is 301 g/mol. The van der Waals surface area contributed by atoms with Crippen molar-refractivity contribution in [2.75, 3.05) is 6.54 Å². The van der Waals surface area contributed by atoms with Gasteiger partial charge in [-0.2, -0.15) is 0 Å². The Morgan fingerprint density at radius 2 is 2.33 bits per heavy atom. The highest BCUT2D eigenvalue weighted by Crippen LogP contribution is 2.33. The lowest BCUT2D eigenvalue weighted by Crippen LogP contribution is -2.36. The number of hydrogen-bond donors (Lipinski definition) is 1. The molecule has 1 saturated heterocycles. The summed E-state index contributed by atoms with van der Waals surface area (Å²) in [6, 6.07) is 10.0. The lowest BCUT2D eigenvalue weighted by molar-refractivity contribution is -0.131. The van der Waals surface area contributed by atoms with Crippen molar-refractivity contribution in [2.45, 2.75) is 36.1 Å². The van der Waals surface area contributed by atoms with Crippen molar-refractivity contribution in [1.82, 2.24) is 14.9 Å². The molecule has 2 aromatic heterocycles. The van der Waals surface area contributed by atoms with E-state index in [9.17, 15) is 4.79 Å². The van der Waals surface area contributed by atoms with Crippen LogP contribution in [0.3, 0.4) is 0 Å². The van der Waals surface area contributed by atoms with Crippen LogP contribution in [0, 0.1) is 0 Å². The van der Waals surface area contributed by atoms with Gasteiger partial charge in [0.05, 0.1) is 16.3 Å². The van der Waals surface area contributed by atoms with E-state index in [1.165, 1.54) is 11.8 Å². The van der Waals surface area contributed by atoms with Gasteiger partial charge in [0.1, 0.15) is 0 Å². The van der Waals surface area contributed by atoms with Crippen molar-refractivity contribution in [1.29, 1.82) is 0 Å². The molecule has 110 valence electrons. The molecule has 2 aromatic rings. The largest absolute Gasteiger partial charge is 0.363 e. The number of aromatic nitrogens is 2. The fourth-order valence-electron chi connectivity index (χ4n) is 2.79. The number of likely N-dealkylation sites (tertiary alicyclic amines) is 1. The number of aromatic amines is 1. The van der Waals surface area contributed by atoms with E-state index in [2.05, 4.69) is 16.0 Å². The van der Waals surface area contributed by atoms with E-state index >= 15 is 0 Å². The average Bonchev–Trinajstić information content (AvgIpc) is 3.18. The molecule has 0 radical (unpaired) electrons. The summed E-state index contributed by atoms with van der Waals surface area (Å²) in [4.78, 5) is 22.2. The van der Waals surface area contributed by atoms with E-state index in [4.69, 9.17) is 0 Å². The molecule has 1 N–H and O–H groups in total. The number of carbonyl (C=O) groups excluding carboxylic acids is 1. The predicted octanol–water partition coefficient (Wildman–Crippen LogP) is 3.25. The van der Waals surface area contributed by atoms with Gasteiger partial charge in [0.25, 0.3) is 0 Å². The van der Waals surface area contributed by atoms with E-state index in [0.717, 1.165) is 30.1 Å². The van der Waals surface area contributed by atoms with Crippen molar-refractivity contribution in [2.24, 2.45) is 0 Å². The Kier molecular flexibility index (Phi) is 4.29. The van der Waals surface area contributed by atoms with Crippen LogP contribution in [0.5, 0.6) is 0 Å². The van der Waals surface area contributed by atoms with Gasteiger partial charge in [-0.1, -0.05) is 17.8 Å². The van der Waals surface area contributed by atoms with E-state index in [1.807, 2.05) is 42.3 Å². The number of nitrogens with one attached hydrogen (secondary N) is 1. The van der Waals surface area contributed by atoms with E-state index in [1.54, 1.807) is 6.20 Å². The molecule has 2 atom stereocenters. The number of pyridine rings is 1. The number of nitrogens with zero attached hydrogens (tertiary/aromatic N) is 2. The third kappa shape index (κ3) is 3.13. The minimum Gasteiger partial charge on any atom is -0.363 e. The molecule has 3 rings (SSSR count). The number of thioether (sulfide) groups is 1. The van der Waals surface area contributed by atoms with E-state index in [0.29, 0.717) is 0 Å². The zero-order valence-corrected chi connectivity index (χ0v) is 12.8. The molecule has 0 saturated carbocycles. The van der Waals surface area contributed by atoms with Crippen LogP contribution in [-0.4, -0.2) is 32.6 Å². The second kappa shape index (κ2) is 6.35. The molecule has 21 heavy (non-hydrogen) atoms. The van der Waals surface area contributed by atoms with Gasteiger partial charge in [-0.25, -0.2) is 4.98 Å². The Morgan fingerprint density at radius 3 is 3.05 bits per heavy atom. The zero-order valence-electron chi connectivity index (χ0n) is 12.0. The topological polar surface area (TPSA) is 49.0 Å². The van der Waals surface area contributed by atoms with Crippen molar-refractivity contribution >= 4 is 17.7 Å². The van der Waals surface area contributed by atoms with Gasteiger partial charge in [0.2, 0.25) is 5.91 Å². The van der Waals surface area contributed by atoms with Crippen molar-refractivity contribution < 1.29 is 4.79 Å². The van der Waals surface area contributed by atoms with Crippen molar-refractivity contribution in [3.05, 3.63) is 48.4 Å². The molecular formula is C16H19N3OS. The van der Waals surface area contributed by atoms with Crippen LogP contribution in [0.15, 0.2) is 47.8 Å². The standard InChI is InChI=1S/C16H19N3OS/c1-12(21-15-8-2-3-9-18-15)16(20)19-11-5-7-14(19)13-6-4-10-17-13/h2-4,6,8-10,12,14,17H,5,7,11H2,1H3/t12-,14+/m0/s1. The molecule has 1 amide bonds. The molecular weight excluding hydrogens is 282 g/mol. The summed E-state index contributed by atoms with van der Waals surface area (Å²) in [5, 5.41) is 0.782. The maximum Gasteiger partial charge on any atom is 0.236 e. The highest BCUT2D eigenvalue weighted by molar-refractivity contribution is 8.00. The lowest BCUT2D eigenvalue weighted by Gasteiger charge is -2.26. The summed E-state index contributed by atoms with van der Waals surface area (Å²) in [5.74, 6) is 0.197. The van der Waals surface area contributed by atoms with Crippen LogP contribution < -0.4 is 0 Å². The maximum absolute atomic E-state index is 12.7. The van der Waals surface area contributed by atoms with Gasteiger partial charge in [-0.3, -0.25) is 4.79 Å². The molecule has 0 unspecified atom stereocenters. The first kappa shape index (κ1) is 14.2. The lowest BCUT2D eigenvalue weighted by atomic mass is 10.1. The van der Waals surface area contributed by atoms with E-state index in [-0.39, 0.29) is 17.2 Å². The Morgan fingerprint density at radius 1 is 1.43 bits per heavy atom. The molecule has 1 fully saturated rings. The van der Waals surface area contributed by atoms with Crippen LogP contribution in [0.4, 0.5) is 0 Å². The summed E-state index contributed by atoms with van der Waals surface area (Å²) >= 11 is 1.53. The molecule has 0 aromatic carbocycles. The fourth-order valence-corrected chi connectivity index (χ4v) is 3.66. The van der Waals surface area contributed by atoms with Gasteiger partial charge in [-0.05, 0) is 44.0 Å². The molecule has 0 aliphatic carbocycles. The van der Waals surface area contributed by atoms with Crippen LogP contribution >= 0.6 is 11.8 Å². The number of H-pyrrole nitrogens is 1. The molecule has 1 aliphatic heterocycles. The summed E-state index contributed by atoms with van der Waals surface area (Å²) in [6.45, 7) is 2.81. The highest BCUT2D eigenvalue weighted by Gasteiger charge is 2.33. The van der Waals surface area contributed by atoms with Gasteiger partial charge in [-0.15, -0.1) is 0 Å². The number of rotatable bonds is 4. The van der Waals surface area contributed by atoms with Gasteiger partial charge < -0.3 is 9.88 Å². The second-order valence-corrected chi connectivity index (χ2v) is 6.60. The van der Waals surface area contributed by atoms with Gasteiger partial charge >= 0.3 is 0 Å². The first-order valence-corrected chi connectivity index (χ1v) is 8.15. The van der Waals surface area contributed by atoms with Gasteiger partial charge in [0.15, 0.2) is 0 Å². The second-order valence-electron chi connectivity index (χ2n) is 5.24. The Labute approximate surface area is 129 Å².